The van der Waals surface area contributed by atoms with Crippen molar-refractivity contribution in [3.8, 4) is 0 Å². The summed E-state index contributed by atoms with van der Waals surface area (Å²) in [6.45, 7) is 2.31. The Balaban J connectivity index is 2.42. The minimum Gasteiger partial charge on any atom is -0.347 e. The molecule has 0 bridgehead atoms. The van der Waals surface area contributed by atoms with Gasteiger partial charge in [0.1, 0.15) is 5.82 Å². The lowest BCUT2D eigenvalue weighted by atomic mass is 10.3. The molecule has 0 spiro atoms. The Morgan fingerprint density at radius 2 is 2.31 bits per heavy atom. The van der Waals surface area contributed by atoms with Gasteiger partial charge >= 0.3 is 11.8 Å². The Hall–Kier alpha value is -1.89. The second-order valence-corrected chi connectivity index (χ2v) is 3.21. The summed E-state index contributed by atoms with van der Waals surface area (Å²) in [6.07, 6.45) is 3.22. The standard InChI is InChI=1S/C9H15N5O2/c1-6(7-11-4-5-12-7)14-9(16)8(15)13-3-2-10/h4-6H,2-3,10H2,1H3,(H,11,12)(H,13,15)(H,14,16). The van der Waals surface area contributed by atoms with Crippen LogP contribution >= 0.6 is 0 Å². The minimum atomic E-state index is -0.697. The highest BCUT2D eigenvalue weighted by Gasteiger charge is 2.17. The molecule has 0 saturated carbocycles. The number of rotatable bonds is 4. The van der Waals surface area contributed by atoms with Crippen LogP contribution in [0.15, 0.2) is 12.4 Å². The van der Waals surface area contributed by atoms with Gasteiger partial charge in [-0.3, -0.25) is 9.59 Å². The number of nitrogens with one attached hydrogen (secondary N) is 3. The maximum atomic E-state index is 11.3. The number of hydrogen-bond donors (Lipinski definition) is 4. The highest BCUT2D eigenvalue weighted by molar-refractivity contribution is 6.35. The number of amides is 2. The van der Waals surface area contributed by atoms with Gasteiger partial charge in [0.25, 0.3) is 0 Å². The zero-order valence-electron chi connectivity index (χ0n) is 8.99. The first-order valence-corrected chi connectivity index (χ1v) is 4.93. The molecule has 0 saturated heterocycles. The number of nitrogens with two attached hydrogens (primary N) is 1. The van der Waals surface area contributed by atoms with E-state index >= 15 is 0 Å². The summed E-state index contributed by atoms with van der Waals surface area (Å²) < 4.78 is 0. The SMILES string of the molecule is CC(NC(=O)C(=O)NCCN)c1ncc[nH]1. The van der Waals surface area contributed by atoms with E-state index in [1.54, 1.807) is 19.3 Å². The molecular weight excluding hydrogens is 210 g/mol. The van der Waals surface area contributed by atoms with Crippen LogP contribution in [0.4, 0.5) is 0 Å². The molecule has 16 heavy (non-hydrogen) atoms. The Bertz CT molecular complexity index is 349. The highest BCUT2D eigenvalue weighted by atomic mass is 16.2. The lowest BCUT2D eigenvalue weighted by molar-refractivity contribution is -0.139. The molecule has 1 rings (SSSR count). The molecule has 0 radical (unpaired) electrons. The molecule has 5 N–H and O–H groups in total. The maximum Gasteiger partial charge on any atom is 0.309 e. The molecule has 1 aromatic rings. The molecule has 1 aromatic heterocycles. The summed E-state index contributed by atoms with van der Waals surface area (Å²) in [5.41, 5.74) is 5.19. The van der Waals surface area contributed by atoms with Crippen LogP contribution in [-0.2, 0) is 9.59 Å². The second kappa shape index (κ2) is 5.86. The Morgan fingerprint density at radius 1 is 1.56 bits per heavy atom. The van der Waals surface area contributed by atoms with Gasteiger partial charge in [-0.2, -0.15) is 0 Å². The maximum absolute atomic E-state index is 11.3. The first-order chi connectivity index (χ1) is 7.65. The van der Waals surface area contributed by atoms with E-state index in [-0.39, 0.29) is 12.6 Å². The quantitative estimate of drug-likeness (QED) is 0.475. The van der Waals surface area contributed by atoms with Crippen LogP contribution in [-0.4, -0.2) is 34.9 Å². The average molecular weight is 225 g/mol. The average Bonchev–Trinajstić information content (AvgIpc) is 2.79. The van der Waals surface area contributed by atoms with Crippen molar-refractivity contribution in [2.24, 2.45) is 5.73 Å². The number of aromatic nitrogens is 2. The molecule has 7 nitrogen and oxygen atoms in total. The molecule has 0 aliphatic rings. The fourth-order valence-corrected chi connectivity index (χ4v) is 1.11. The fourth-order valence-electron chi connectivity index (χ4n) is 1.11. The van der Waals surface area contributed by atoms with Gasteiger partial charge in [0.15, 0.2) is 0 Å². The fraction of sp³-hybridized carbons (Fsp3) is 0.444. The number of aromatic amines is 1. The molecule has 1 heterocycles. The Labute approximate surface area is 92.8 Å². The van der Waals surface area contributed by atoms with Crippen LogP contribution in [0.3, 0.4) is 0 Å². The molecule has 1 atom stereocenters. The Morgan fingerprint density at radius 3 is 2.88 bits per heavy atom. The lowest BCUT2D eigenvalue weighted by Gasteiger charge is -2.10. The smallest absolute Gasteiger partial charge is 0.309 e. The number of carbonyl (C=O) groups is 2. The van der Waals surface area contributed by atoms with Gasteiger partial charge in [0.2, 0.25) is 0 Å². The van der Waals surface area contributed by atoms with Crippen LogP contribution in [0.5, 0.6) is 0 Å². The van der Waals surface area contributed by atoms with Crippen molar-refractivity contribution in [2.45, 2.75) is 13.0 Å². The van der Waals surface area contributed by atoms with E-state index in [0.29, 0.717) is 12.4 Å². The molecule has 88 valence electrons. The van der Waals surface area contributed by atoms with Gasteiger partial charge in [-0.05, 0) is 6.92 Å². The summed E-state index contributed by atoms with van der Waals surface area (Å²) in [7, 11) is 0. The third kappa shape index (κ3) is 3.35. The van der Waals surface area contributed by atoms with Crippen molar-refractivity contribution in [1.29, 1.82) is 0 Å². The van der Waals surface area contributed by atoms with Crippen molar-refractivity contribution < 1.29 is 9.59 Å². The summed E-state index contributed by atoms with van der Waals surface area (Å²) in [5.74, 6) is -0.791. The highest BCUT2D eigenvalue weighted by Crippen LogP contribution is 2.04. The molecular formula is C9H15N5O2. The summed E-state index contributed by atoms with van der Waals surface area (Å²) >= 11 is 0. The molecule has 0 aliphatic heterocycles. The summed E-state index contributed by atoms with van der Waals surface area (Å²) in [6, 6.07) is -0.342. The number of H-pyrrole nitrogens is 1. The summed E-state index contributed by atoms with van der Waals surface area (Å²) in [4.78, 5) is 29.4. The van der Waals surface area contributed by atoms with Gasteiger partial charge in [0.05, 0.1) is 6.04 Å². The number of nitrogens with zero attached hydrogens (tertiary/aromatic N) is 1. The van der Waals surface area contributed by atoms with Crippen LogP contribution in [0, 0.1) is 0 Å². The van der Waals surface area contributed by atoms with E-state index in [1.165, 1.54) is 0 Å². The van der Waals surface area contributed by atoms with Crippen LogP contribution < -0.4 is 16.4 Å². The third-order valence-electron chi connectivity index (χ3n) is 1.91. The molecule has 0 aromatic carbocycles. The van der Waals surface area contributed by atoms with Crippen molar-refractivity contribution >= 4 is 11.8 Å². The zero-order chi connectivity index (χ0) is 12.0. The van der Waals surface area contributed by atoms with Crippen molar-refractivity contribution in [3.63, 3.8) is 0 Å². The lowest BCUT2D eigenvalue weighted by Crippen LogP contribution is -2.42. The molecule has 0 fully saturated rings. The number of carbonyl (C=O) groups excluding carboxylic acids is 2. The summed E-state index contributed by atoms with van der Waals surface area (Å²) in [5, 5.41) is 4.88. The van der Waals surface area contributed by atoms with E-state index in [1.807, 2.05) is 0 Å². The zero-order valence-corrected chi connectivity index (χ0v) is 8.99. The molecule has 0 aliphatic carbocycles. The first-order valence-electron chi connectivity index (χ1n) is 4.93. The van der Waals surface area contributed by atoms with E-state index in [2.05, 4.69) is 20.6 Å². The van der Waals surface area contributed by atoms with Gasteiger partial charge in [-0.15, -0.1) is 0 Å². The molecule has 1 unspecified atom stereocenters. The van der Waals surface area contributed by atoms with Crippen molar-refractivity contribution in [3.05, 3.63) is 18.2 Å². The largest absolute Gasteiger partial charge is 0.347 e. The van der Waals surface area contributed by atoms with Crippen molar-refractivity contribution in [2.75, 3.05) is 13.1 Å². The van der Waals surface area contributed by atoms with E-state index in [0.717, 1.165) is 0 Å². The van der Waals surface area contributed by atoms with E-state index < -0.39 is 11.8 Å². The Kier molecular flexibility index (Phi) is 4.46. The number of hydrogen-bond acceptors (Lipinski definition) is 4. The topological polar surface area (TPSA) is 113 Å². The van der Waals surface area contributed by atoms with Crippen molar-refractivity contribution in [1.82, 2.24) is 20.6 Å². The van der Waals surface area contributed by atoms with Gasteiger partial charge in [0, 0.05) is 25.5 Å². The number of imidazole rings is 1. The molecule has 2 amide bonds. The van der Waals surface area contributed by atoms with E-state index in [9.17, 15) is 9.59 Å². The predicted octanol–water partition coefficient (Wildman–Crippen LogP) is -1.34. The van der Waals surface area contributed by atoms with E-state index in [4.69, 9.17) is 5.73 Å². The minimum absolute atomic E-state index is 0.279. The van der Waals surface area contributed by atoms with Crippen LogP contribution in [0.2, 0.25) is 0 Å². The van der Waals surface area contributed by atoms with Gasteiger partial charge < -0.3 is 21.4 Å². The monoisotopic (exact) mass is 225 g/mol. The third-order valence-corrected chi connectivity index (χ3v) is 1.91. The molecule has 7 heteroatoms. The van der Waals surface area contributed by atoms with Crippen LogP contribution in [0.1, 0.15) is 18.8 Å². The van der Waals surface area contributed by atoms with Gasteiger partial charge in [-0.1, -0.05) is 0 Å². The van der Waals surface area contributed by atoms with Gasteiger partial charge in [-0.25, -0.2) is 4.98 Å². The second-order valence-electron chi connectivity index (χ2n) is 3.21. The normalized spacial score (nSPS) is 11.9. The van der Waals surface area contributed by atoms with Crippen LogP contribution in [0.25, 0.3) is 0 Å². The first kappa shape index (κ1) is 12.2. The predicted molar refractivity (Wildman–Crippen MR) is 57.2 cm³/mol.